The Hall–Kier alpha value is -3.94. The van der Waals surface area contributed by atoms with Gasteiger partial charge < -0.3 is 10.6 Å². The Bertz CT molecular complexity index is 1400. The zero-order valence-electron chi connectivity index (χ0n) is 18.7. The summed E-state index contributed by atoms with van der Waals surface area (Å²) in [5.74, 6) is -1.67. The number of benzene rings is 3. The van der Waals surface area contributed by atoms with E-state index in [1.165, 1.54) is 6.92 Å². The van der Waals surface area contributed by atoms with Crippen molar-refractivity contribution in [2.45, 2.75) is 13.8 Å². The predicted octanol–water partition coefficient (Wildman–Crippen LogP) is 5.54. The zero-order chi connectivity index (χ0) is 25.3. The molecule has 176 valence electrons. The fraction of sp³-hybridized carbons (Fsp3) is 0.0769. The van der Waals surface area contributed by atoms with E-state index in [2.05, 4.69) is 10.6 Å². The Labute approximate surface area is 211 Å². The van der Waals surface area contributed by atoms with Gasteiger partial charge in [0.25, 0.3) is 17.7 Å². The minimum absolute atomic E-state index is 0.0607. The van der Waals surface area contributed by atoms with E-state index in [-0.39, 0.29) is 22.4 Å². The second kappa shape index (κ2) is 9.74. The molecule has 7 nitrogen and oxygen atoms in total. The lowest BCUT2D eigenvalue weighted by molar-refractivity contribution is -0.120. The van der Waals surface area contributed by atoms with E-state index in [9.17, 15) is 19.2 Å². The van der Waals surface area contributed by atoms with Crippen LogP contribution in [0.1, 0.15) is 33.2 Å². The van der Waals surface area contributed by atoms with Crippen molar-refractivity contribution in [2.75, 3.05) is 15.5 Å². The summed E-state index contributed by atoms with van der Waals surface area (Å²) in [7, 11) is 0. The number of ketones is 1. The molecule has 0 unspecified atom stereocenters. The Morgan fingerprint density at radius 3 is 2.03 bits per heavy atom. The Balaban J connectivity index is 1.47. The largest absolute Gasteiger partial charge is 0.350 e. The highest BCUT2D eigenvalue weighted by molar-refractivity contribution is 6.53. The molecule has 2 N–H and O–H groups in total. The summed E-state index contributed by atoms with van der Waals surface area (Å²) in [4.78, 5) is 50.6. The van der Waals surface area contributed by atoms with Gasteiger partial charge in [0, 0.05) is 27.5 Å². The molecule has 1 heterocycles. The number of hydrogen-bond donors (Lipinski definition) is 2. The first-order valence-corrected chi connectivity index (χ1v) is 11.3. The molecule has 0 aromatic heterocycles. The van der Waals surface area contributed by atoms with E-state index in [4.69, 9.17) is 23.2 Å². The molecule has 9 heteroatoms. The first-order chi connectivity index (χ1) is 16.7. The van der Waals surface area contributed by atoms with Gasteiger partial charge in [-0.25, -0.2) is 4.90 Å². The quantitative estimate of drug-likeness (QED) is 0.337. The maximum Gasteiger partial charge on any atom is 0.283 e. The third-order valence-electron chi connectivity index (χ3n) is 5.47. The van der Waals surface area contributed by atoms with Gasteiger partial charge in [-0.15, -0.1) is 0 Å². The number of carbonyl (C=O) groups excluding carboxylic acids is 4. The Morgan fingerprint density at radius 1 is 0.800 bits per heavy atom. The van der Waals surface area contributed by atoms with Crippen LogP contribution < -0.4 is 15.5 Å². The Kier molecular flexibility index (Phi) is 6.73. The predicted molar refractivity (Wildman–Crippen MR) is 136 cm³/mol. The van der Waals surface area contributed by atoms with Gasteiger partial charge >= 0.3 is 0 Å². The third kappa shape index (κ3) is 4.82. The zero-order valence-corrected chi connectivity index (χ0v) is 20.2. The van der Waals surface area contributed by atoms with Gasteiger partial charge in [0.05, 0.1) is 5.69 Å². The molecule has 3 aromatic rings. The number of Topliss-reactive ketones (excluding diaryl/α,β-unsaturated/α-hetero) is 1. The summed E-state index contributed by atoms with van der Waals surface area (Å²) in [5.41, 5.74) is 2.79. The smallest absolute Gasteiger partial charge is 0.283 e. The molecule has 3 aromatic carbocycles. The number of nitrogens with zero attached hydrogens (tertiary/aromatic N) is 1. The summed E-state index contributed by atoms with van der Waals surface area (Å²) in [6.07, 6.45) is 0. The van der Waals surface area contributed by atoms with E-state index in [0.717, 1.165) is 4.90 Å². The number of amides is 3. The average molecular weight is 508 g/mol. The summed E-state index contributed by atoms with van der Waals surface area (Å²) < 4.78 is 0. The fourth-order valence-corrected chi connectivity index (χ4v) is 3.89. The van der Waals surface area contributed by atoms with Crippen molar-refractivity contribution in [2.24, 2.45) is 0 Å². The van der Waals surface area contributed by atoms with Crippen LogP contribution in [0.15, 0.2) is 77.5 Å². The van der Waals surface area contributed by atoms with Crippen molar-refractivity contribution < 1.29 is 19.2 Å². The number of carbonyl (C=O) groups is 4. The lowest BCUT2D eigenvalue weighted by Crippen LogP contribution is -2.32. The molecule has 0 bridgehead atoms. The van der Waals surface area contributed by atoms with Gasteiger partial charge in [0.15, 0.2) is 5.78 Å². The molecule has 0 aliphatic carbocycles. The standard InChI is InChI=1S/C26H19Cl2N3O4/c1-14-20(27)4-3-5-21(14)31-25(34)22(28)23(26(31)35)29-18-12-8-17(9-13-18)24(33)30-19-10-6-16(7-11-19)15(2)32/h3-13,29H,1-2H3,(H,30,33). The monoisotopic (exact) mass is 507 g/mol. The minimum Gasteiger partial charge on any atom is -0.350 e. The molecule has 0 spiro atoms. The normalized spacial score (nSPS) is 13.3. The van der Waals surface area contributed by atoms with Gasteiger partial charge in [-0.05, 0) is 80.1 Å². The fourth-order valence-electron chi connectivity index (χ4n) is 3.51. The summed E-state index contributed by atoms with van der Waals surface area (Å²) in [6, 6.07) is 17.8. The molecule has 0 saturated carbocycles. The Morgan fingerprint density at radius 2 is 1.40 bits per heavy atom. The molecule has 0 fully saturated rings. The van der Waals surface area contributed by atoms with Crippen molar-refractivity contribution in [1.82, 2.24) is 0 Å². The molecular formula is C26H19Cl2N3O4. The summed E-state index contributed by atoms with van der Waals surface area (Å²) in [5, 5.41) is 5.81. The summed E-state index contributed by atoms with van der Waals surface area (Å²) >= 11 is 12.3. The molecule has 1 aliphatic heterocycles. The van der Waals surface area contributed by atoms with Crippen molar-refractivity contribution in [3.8, 4) is 0 Å². The van der Waals surface area contributed by atoms with E-state index in [1.807, 2.05) is 0 Å². The molecule has 3 amide bonds. The number of anilines is 3. The van der Waals surface area contributed by atoms with Crippen LogP contribution in [0.5, 0.6) is 0 Å². The molecular weight excluding hydrogens is 489 g/mol. The highest BCUT2D eigenvalue weighted by atomic mass is 35.5. The van der Waals surface area contributed by atoms with E-state index >= 15 is 0 Å². The molecule has 0 atom stereocenters. The molecule has 35 heavy (non-hydrogen) atoms. The number of nitrogens with one attached hydrogen (secondary N) is 2. The van der Waals surface area contributed by atoms with Crippen LogP contribution in [0.2, 0.25) is 5.02 Å². The number of rotatable bonds is 6. The van der Waals surface area contributed by atoms with Crippen LogP contribution >= 0.6 is 23.2 Å². The highest BCUT2D eigenvalue weighted by Gasteiger charge is 2.39. The molecule has 1 aliphatic rings. The van der Waals surface area contributed by atoms with Gasteiger partial charge in [0.1, 0.15) is 10.7 Å². The van der Waals surface area contributed by atoms with Crippen LogP contribution in [-0.2, 0) is 9.59 Å². The van der Waals surface area contributed by atoms with E-state index in [0.29, 0.717) is 38.8 Å². The number of hydrogen-bond acceptors (Lipinski definition) is 5. The van der Waals surface area contributed by atoms with Crippen LogP contribution in [0.3, 0.4) is 0 Å². The molecule has 0 saturated heterocycles. The van der Waals surface area contributed by atoms with Crippen LogP contribution in [0.25, 0.3) is 0 Å². The average Bonchev–Trinajstić information content (AvgIpc) is 3.05. The lowest BCUT2D eigenvalue weighted by atomic mass is 10.1. The second-order valence-corrected chi connectivity index (χ2v) is 8.59. The SMILES string of the molecule is CC(=O)c1ccc(NC(=O)c2ccc(NC3=C(Cl)C(=O)N(c4cccc(Cl)c4C)C3=O)cc2)cc1. The summed E-state index contributed by atoms with van der Waals surface area (Å²) in [6.45, 7) is 3.18. The minimum atomic E-state index is -0.656. The lowest BCUT2D eigenvalue weighted by Gasteiger charge is -2.18. The number of imide groups is 1. The maximum absolute atomic E-state index is 13.0. The van der Waals surface area contributed by atoms with Gasteiger partial charge in [-0.3, -0.25) is 19.2 Å². The topological polar surface area (TPSA) is 95.6 Å². The van der Waals surface area contributed by atoms with E-state index < -0.39 is 11.8 Å². The highest BCUT2D eigenvalue weighted by Crippen LogP contribution is 2.34. The number of halogens is 2. The van der Waals surface area contributed by atoms with Crippen LogP contribution in [0, 0.1) is 6.92 Å². The van der Waals surface area contributed by atoms with Gasteiger partial charge in [-0.1, -0.05) is 29.3 Å². The second-order valence-electron chi connectivity index (χ2n) is 7.81. The first-order valence-electron chi connectivity index (χ1n) is 10.5. The first kappa shape index (κ1) is 24.2. The van der Waals surface area contributed by atoms with E-state index in [1.54, 1.807) is 73.7 Å². The van der Waals surface area contributed by atoms with Crippen molar-refractivity contribution in [3.05, 3.63) is 99.2 Å². The van der Waals surface area contributed by atoms with Crippen molar-refractivity contribution >= 4 is 63.8 Å². The van der Waals surface area contributed by atoms with Gasteiger partial charge in [-0.2, -0.15) is 0 Å². The third-order valence-corrected chi connectivity index (χ3v) is 6.23. The van der Waals surface area contributed by atoms with Crippen LogP contribution in [-0.4, -0.2) is 23.5 Å². The van der Waals surface area contributed by atoms with Crippen molar-refractivity contribution in [1.29, 1.82) is 0 Å². The molecule has 4 rings (SSSR count). The maximum atomic E-state index is 13.0. The van der Waals surface area contributed by atoms with Crippen LogP contribution in [0.4, 0.5) is 17.1 Å². The molecule has 0 radical (unpaired) electrons. The van der Waals surface area contributed by atoms with Crippen molar-refractivity contribution in [3.63, 3.8) is 0 Å². The van der Waals surface area contributed by atoms with Gasteiger partial charge in [0.2, 0.25) is 0 Å².